The number of fused-ring (bicyclic) bond motifs is 1. The van der Waals surface area contributed by atoms with Crippen molar-refractivity contribution in [3.05, 3.63) is 28.7 Å². The molecule has 102 valence electrons. The molecule has 1 aromatic rings. The van der Waals surface area contributed by atoms with Crippen LogP contribution in [-0.4, -0.2) is 32.6 Å². The number of hydrogen-bond acceptors (Lipinski definition) is 5. The minimum Gasteiger partial charge on any atom is -0.497 e. The van der Waals surface area contributed by atoms with E-state index in [4.69, 9.17) is 15.6 Å². The van der Waals surface area contributed by atoms with Crippen LogP contribution in [0.3, 0.4) is 0 Å². The SMILES string of the molecule is COc1ccc2c(c1)S(=O)(=O)C(C)=C2C(N)C(=O)O. The van der Waals surface area contributed by atoms with Crippen LogP contribution in [-0.2, 0) is 14.6 Å². The summed E-state index contributed by atoms with van der Waals surface area (Å²) in [6.07, 6.45) is 0. The maximum absolute atomic E-state index is 12.2. The average molecular weight is 283 g/mol. The Kier molecular flexibility index (Phi) is 3.11. The molecular formula is C12H13NO5S. The number of methoxy groups -OCH3 is 1. The number of carboxylic acids is 1. The molecule has 1 atom stereocenters. The fourth-order valence-corrected chi connectivity index (χ4v) is 3.68. The monoisotopic (exact) mass is 283 g/mol. The van der Waals surface area contributed by atoms with Crippen molar-refractivity contribution in [3.63, 3.8) is 0 Å². The molecular weight excluding hydrogens is 270 g/mol. The van der Waals surface area contributed by atoms with Crippen LogP contribution >= 0.6 is 0 Å². The number of allylic oxidation sites excluding steroid dienone is 1. The Labute approximate surface area is 110 Å². The zero-order valence-electron chi connectivity index (χ0n) is 10.4. The van der Waals surface area contributed by atoms with E-state index in [0.29, 0.717) is 11.3 Å². The number of benzene rings is 1. The number of ether oxygens (including phenoxy) is 1. The number of hydrogen-bond donors (Lipinski definition) is 2. The molecule has 1 aliphatic heterocycles. The number of carboxylic acid groups (broad SMARTS) is 1. The molecule has 6 nitrogen and oxygen atoms in total. The lowest BCUT2D eigenvalue weighted by molar-refractivity contribution is -0.137. The molecule has 7 heteroatoms. The summed E-state index contributed by atoms with van der Waals surface area (Å²) in [6, 6.07) is 3.09. The summed E-state index contributed by atoms with van der Waals surface area (Å²) in [4.78, 5) is 11.0. The van der Waals surface area contributed by atoms with Crippen molar-refractivity contribution in [1.82, 2.24) is 0 Å². The molecule has 0 radical (unpaired) electrons. The zero-order chi connectivity index (χ0) is 14.4. The maximum atomic E-state index is 12.2. The number of nitrogens with two attached hydrogens (primary N) is 1. The van der Waals surface area contributed by atoms with Gasteiger partial charge >= 0.3 is 5.97 Å². The predicted molar refractivity (Wildman–Crippen MR) is 68.4 cm³/mol. The lowest BCUT2D eigenvalue weighted by Gasteiger charge is -2.10. The minimum absolute atomic E-state index is 0.0225. The fourth-order valence-electron chi connectivity index (χ4n) is 2.08. The quantitative estimate of drug-likeness (QED) is 0.842. The van der Waals surface area contributed by atoms with Gasteiger partial charge in [0, 0.05) is 11.1 Å². The van der Waals surface area contributed by atoms with Crippen molar-refractivity contribution in [1.29, 1.82) is 0 Å². The highest BCUT2D eigenvalue weighted by Crippen LogP contribution is 2.41. The minimum atomic E-state index is -3.69. The van der Waals surface area contributed by atoms with Crippen LogP contribution in [0.1, 0.15) is 12.5 Å². The smallest absolute Gasteiger partial charge is 0.325 e. The Bertz CT molecular complexity index is 690. The van der Waals surface area contributed by atoms with Crippen molar-refractivity contribution < 1.29 is 23.1 Å². The van der Waals surface area contributed by atoms with Crippen LogP contribution in [0.15, 0.2) is 28.0 Å². The van der Waals surface area contributed by atoms with Gasteiger partial charge in [-0.1, -0.05) is 0 Å². The van der Waals surface area contributed by atoms with Crippen LogP contribution in [0.2, 0.25) is 0 Å². The molecule has 1 heterocycles. The fraction of sp³-hybridized carbons (Fsp3) is 0.250. The summed E-state index contributed by atoms with van der Waals surface area (Å²) in [5.41, 5.74) is 6.02. The molecule has 1 aromatic carbocycles. The molecule has 0 saturated carbocycles. The van der Waals surface area contributed by atoms with E-state index in [9.17, 15) is 13.2 Å². The lowest BCUT2D eigenvalue weighted by Crippen LogP contribution is -2.31. The first-order chi connectivity index (χ1) is 8.80. The van der Waals surface area contributed by atoms with Crippen molar-refractivity contribution in [3.8, 4) is 5.75 Å². The lowest BCUT2D eigenvalue weighted by atomic mass is 9.99. The van der Waals surface area contributed by atoms with E-state index in [1.807, 2.05) is 0 Å². The van der Waals surface area contributed by atoms with Gasteiger partial charge in [0.05, 0.1) is 16.9 Å². The highest BCUT2D eigenvalue weighted by molar-refractivity contribution is 7.95. The Morgan fingerprint density at radius 1 is 1.42 bits per heavy atom. The number of sulfone groups is 1. The van der Waals surface area contributed by atoms with E-state index in [0.717, 1.165) is 0 Å². The molecule has 0 bridgehead atoms. The molecule has 0 amide bonds. The molecule has 0 spiro atoms. The maximum Gasteiger partial charge on any atom is 0.325 e. The van der Waals surface area contributed by atoms with Gasteiger partial charge in [-0.25, -0.2) is 8.42 Å². The van der Waals surface area contributed by atoms with E-state index < -0.39 is 21.8 Å². The van der Waals surface area contributed by atoms with Gasteiger partial charge in [0.1, 0.15) is 11.8 Å². The predicted octanol–water partition coefficient (Wildman–Crippen LogP) is 0.625. The molecule has 0 saturated heterocycles. The van der Waals surface area contributed by atoms with Crippen LogP contribution < -0.4 is 10.5 Å². The van der Waals surface area contributed by atoms with Gasteiger partial charge in [-0.3, -0.25) is 4.79 Å². The number of carbonyl (C=O) groups is 1. The molecule has 1 aliphatic rings. The summed E-state index contributed by atoms with van der Waals surface area (Å²) < 4.78 is 29.4. The van der Waals surface area contributed by atoms with Gasteiger partial charge in [0.2, 0.25) is 9.84 Å². The Morgan fingerprint density at radius 2 is 2.05 bits per heavy atom. The van der Waals surface area contributed by atoms with Gasteiger partial charge in [-0.05, 0) is 25.1 Å². The number of aliphatic carboxylic acids is 1. The largest absolute Gasteiger partial charge is 0.497 e. The summed E-state index contributed by atoms with van der Waals surface area (Å²) in [5, 5.41) is 8.98. The third kappa shape index (κ3) is 1.91. The first-order valence-corrected chi connectivity index (χ1v) is 6.91. The second-order valence-corrected chi connectivity index (χ2v) is 6.21. The topological polar surface area (TPSA) is 107 Å². The van der Waals surface area contributed by atoms with E-state index in [1.54, 1.807) is 6.07 Å². The Hall–Kier alpha value is -1.86. The second kappa shape index (κ2) is 4.36. The van der Waals surface area contributed by atoms with Crippen molar-refractivity contribution in [2.24, 2.45) is 5.73 Å². The van der Waals surface area contributed by atoms with Crippen LogP contribution in [0, 0.1) is 0 Å². The van der Waals surface area contributed by atoms with Gasteiger partial charge < -0.3 is 15.6 Å². The van der Waals surface area contributed by atoms with Crippen LogP contribution in [0.4, 0.5) is 0 Å². The molecule has 3 N–H and O–H groups in total. The van der Waals surface area contributed by atoms with Gasteiger partial charge in [-0.2, -0.15) is 0 Å². The number of rotatable bonds is 3. The normalized spacial score (nSPS) is 18.1. The molecule has 19 heavy (non-hydrogen) atoms. The average Bonchev–Trinajstić information content (AvgIpc) is 2.57. The first-order valence-electron chi connectivity index (χ1n) is 5.43. The zero-order valence-corrected chi connectivity index (χ0v) is 11.2. The molecule has 2 rings (SSSR count). The van der Waals surface area contributed by atoms with Gasteiger partial charge in [-0.15, -0.1) is 0 Å². The van der Waals surface area contributed by atoms with Gasteiger partial charge in [0.25, 0.3) is 0 Å². The van der Waals surface area contributed by atoms with E-state index in [-0.39, 0.29) is 15.4 Å². The summed E-state index contributed by atoms with van der Waals surface area (Å²) in [6.45, 7) is 1.36. The molecule has 0 fully saturated rings. The Balaban J connectivity index is 2.73. The standard InChI is InChI=1S/C12H13NO5S/c1-6-10(11(13)12(14)15)8-4-3-7(18-2)5-9(8)19(6,16)17/h3-5,11H,13H2,1-2H3,(H,14,15). The third-order valence-corrected chi connectivity index (χ3v) is 5.07. The van der Waals surface area contributed by atoms with Crippen molar-refractivity contribution in [2.45, 2.75) is 17.9 Å². The van der Waals surface area contributed by atoms with Crippen LogP contribution in [0.25, 0.3) is 5.57 Å². The highest BCUT2D eigenvalue weighted by Gasteiger charge is 2.37. The summed E-state index contributed by atoms with van der Waals surface area (Å²) in [7, 11) is -2.26. The Morgan fingerprint density at radius 3 is 2.58 bits per heavy atom. The molecule has 1 unspecified atom stereocenters. The van der Waals surface area contributed by atoms with Gasteiger partial charge in [0.15, 0.2) is 0 Å². The molecule has 0 aromatic heterocycles. The third-order valence-electron chi connectivity index (χ3n) is 3.13. The van der Waals surface area contributed by atoms with Crippen molar-refractivity contribution >= 4 is 21.4 Å². The van der Waals surface area contributed by atoms with E-state index in [2.05, 4.69) is 0 Å². The first kappa shape index (κ1) is 13.6. The second-order valence-electron chi connectivity index (χ2n) is 4.15. The highest BCUT2D eigenvalue weighted by atomic mass is 32.2. The summed E-state index contributed by atoms with van der Waals surface area (Å²) in [5.74, 6) is -0.881. The van der Waals surface area contributed by atoms with Crippen LogP contribution in [0.5, 0.6) is 5.75 Å². The van der Waals surface area contributed by atoms with E-state index >= 15 is 0 Å². The summed E-state index contributed by atoms with van der Waals surface area (Å²) >= 11 is 0. The van der Waals surface area contributed by atoms with Crippen molar-refractivity contribution in [2.75, 3.05) is 7.11 Å². The van der Waals surface area contributed by atoms with E-state index in [1.165, 1.54) is 26.2 Å². The molecule has 0 aliphatic carbocycles.